The van der Waals surface area contributed by atoms with Gasteiger partial charge in [-0.3, -0.25) is 0 Å². The van der Waals surface area contributed by atoms with Gasteiger partial charge in [-0.05, 0) is 42.1 Å². The molecule has 3 heteroatoms. The molecule has 0 amide bonds. The SMILES string of the molecule is CCCc1ccc(C(NC)c2cc3sccc3s2)cc1. The summed E-state index contributed by atoms with van der Waals surface area (Å²) in [7, 11) is 2.04. The van der Waals surface area contributed by atoms with Crippen LogP contribution in [0.5, 0.6) is 0 Å². The lowest BCUT2D eigenvalue weighted by atomic mass is 10.0. The number of fused-ring (bicyclic) bond motifs is 1. The maximum absolute atomic E-state index is 3.45. The molecule has 1 N–H and O–H groups in total. The van der Waals surface area contributed by atoms with Crippen LogP contribution in [0, 0.1) is 0 Å². The van der Waals surface area contributed by atoms with Gasteiger partial charge in [0.25, 0.3) is 0 Å². The number of hydrogen-bond acceptors (Lipinski definition) is 3. The van der Waals surface area contributed by atoms with Crippen molar-refractivity contribution in [2.75, 3.05) is 7.05 Å². The summed E-state index contributed by atoms with van der Waals surface area (Å²) in [6, 6.07) is 13.9. The molecule has 3 aromatic rings. The van der Waals surface area contributed by atoms with Gasteiger partial charge in [0.05, 0.1) is 6.04 Å². The fourth-order valence-corrected chi connectivity index (χ4v) is 4.82. The first kappa shape index (κ1) is 13.8. The van der Waals surface area contributed by atoms with Crippen LogP contribution in [-0.2, 0) is 6.42 Å². The van der Waals surface area contributed by atoms with Crippen LogP contribution < -0.4 is 5.32 Å². The normalized spacial score (nSPS) is 12.9. The average molecular weight is 301 g/mol. The Morgan fingerprint density at radius 1 is 1.10 bits per heavy atom. The second kappa shape index (κ2) is 6.08. The number of rotatable bonds is 5. The highest BCUT2D eigenvalue weighted by Gasteiger charge is 2.15. The molecule has 0 aliphatic rings. The number of benzene rings is 1. The van der Waals surface area contributed by atoms with E-state index in [9.17, 15) is 0 Å². The van der Waals surface area contributed by atoms with Gasteiger partial charge in [0.15, 0.2) is 0 Å². The van der Waals surface area contributed by atoms with E-state index in [0.717, 1.165) is 0 Å². The number of thiophene rings is 2. The van der Waals surface area contributed by atoms with Crippen LogP contribution in [-0.4, -0.2) is 7.05 Å². The molecule has 2 heterocycles. The monoisotopic (exact) mass is 301 g/mol. The van der Waals surface area contributed by atoms with Crippen molar-refractivity contribution < 1.29 is 0 Å². The summed E-state index contributed by atoms with van der Waals surface area (Å²) in [6.45, 7) is 2.22. The summed E-state index contributed by atoms with van der Waals surface area (Å²) < 4.78 is 2.79. The van der Waals surface area contributed by atoms with Gasteiger partial charge < -0.3 is 5.32 Å². The molecule has 1 aromatic carbocycles. The number of nitrogens with one attached hydrogen (secondary N) is 1. The van der Waals surface area contributed by atoms with E-state index in [2.05, 4.69) is 54.0 Å². The molecule has 1 atom stereocenters. The van der Waals surface area contributed by atoms with Gasteiger partial charge in [0, 0.05) is 14.3 Å². The zero-order chi connectivity index (χ0) is 13.9. The van der Waals surface area contributed by atoms with E-state index < -0.39 is 0 Å². The molecule has 0 saturated carbocycles. The Morgan fingerprint density at radius 2 is 1.90 bits per heavy atom. The van der Waals surface area contributed by atoms with Crippen molar-refractivity contribution in [1.29, 1.82) is 0 Å². The van der Waals surface area contributed by atoms with Crippen LogP contribution >= 0.6 is 22.7 Å². The second-order valence-electron chi connectivity index (χ2n) is 5.01. The number of hydrogen-bond donors (Lipinski definition) is 1. The molecule has 0 fully saturated rings. The van der Waals surface area contributed by atoms with E-state index in [4.69, 9.17) is 0 Å². The Hall–Kier alpha value is -1.16. The van der Waals surface area contributed by atoms with Crippen molar-refractivity contribution in [1.82, 2.24) is 5.32 Å². The van der Waals surface area contributed by atoms with Gasteiger partial charge in [-0.2, -0.15) is 0 Å². The summed E-state index contributed by atoms with van der Waals surface area (Å²) in [5.41, 5.74) is 2.78. The maximum Gasteiger partial charge on any atom is 0.0669 e. The molecule has 0 aliphatic heterocycles. The summed E-state index contributed by atoms with van der Waals surface area (Å²) in [6.07, 6.45) is 2.37. The van der Waals surface area contributed by atoms with Crippen molar-refractivity contribution in [3.05, 3.63) is 57.8 Å². The maximum atomic E-state index is 3.45. The largest absolute Gasteiger partial charge is 0.309 e. The highest BCUT2D eigenvalue weighted by molar-refractivity contribution is 7.27. The molecule has 3 rings (SSSR count). The molecular weight excluding hydrogens is 282 g/mol. The first-order valence-corrected chi connectivity index (χ1v) is 8.74. The summed E-state index contributed by atoms with van der Waals surface area (Å²) >= 11 is 3.72. The van der Waals surface area contributed by atoms with Crippen LogP contribution in [0.1, 0.15) is 35.4 Å². The standard InChI is InChI=1S/C17H19NS2/c1-3-4-12-5-7-13(8-6-12)17(18-2)16-11-15-14(20-16)9-10-19-15/h5-11,17-18H,3-4H2,1-2H3. The third-order valence-corrected chi connectivity index (χ3v) is 5.74. The Kier molecular flexibility index (Phi) is 4.20. The zero-order valence-electron chi connectivity index (χ0n) is 11.8. The summed E-state index contributed by atoms with van der Waals surface area (Å²) in [4.78, 5) is 1.40. The van der Waals surface area contributed by atoms with Crippen molar-refractivity contribution in [2.24, 2.45) is 0 Å². The molecule has 20 heavy (non-hydrogen) atoms. The lowest BCUT2D eigenvalue weighted by Crippen LogP contribution is -2.16. The van der Waals surface area contributed by atoms with Gasteiger partial charge in [-0.15, -0.1) is 22.7 Å². The Labute approximate surface area is 128 Å². The van der Waals surface area contributed by atoms with E-state index >= 15 is 0 Å². The minimum atomic E-state index is 0.301. The van der Waals surface area contributed by atoms with E-state index in [1.54, 1.807) is 0 Å². The van der Waals surface area contributed by atoms with Crippen LogP contribution in [0.3, 0.4) is 0 Å². The smallest absolute Gasteiger partial charge is 0.0669 e. The van der Waals surface area contributed by atoms with Crippen LogP contribution in [0.4, 0.5) is 0 Å². The van der Waals surface area contributed by atoms with Gasteiger partial charge in [-0.25, -0.2) is 0 Å². The highest BCUT2D eigenvalue weighted by atomic mass is 32.1. The van der Waals surface area contributed by atoms with Gasteiger partial charge >= 0.3 is 0 Å². The van der Waals surface area contributed by atoms with Crippen LogP contribution in [0.2, 0.25) is 0 Å². The third kappa shape index (κ3) is 2.66. The highest BCUT2D eigenvalue weighted by Crippen LogP contribution is 2.35. The van der Waals surface area contributed by atoms with Gasteiger partial charge in [0.2, 0.25) is 0 Å². The van der Waals surface area contributed by atoms with E-state index in [1.165, 1.54) is 38.2 Å². The van der Waals surface area contributed by atoms with Gasteiger partial charge in [0.1, 0.15) is 0 Å². The molecular formula is C17H19NS2. The average Bonchev–Trinajstić information content (AvgIpc) is 3.03. The lowest BCUT2D eigenvalue weighted by Gasteiger charge is -2.15. The Bertz CT molecular complexity index is 650. The quantitative estimate of drug-likeness (QED) is 0.681. The zero-order valence-corrected chi connectivity index (χ0v) is 13.5. The summed E-state index contributed by atoms with van der Waals surface area (Å²) in [5.74, 6) is 0. The van der Waals surface area contributed by atoms with Crippen molar-refractivity contribution in [3.63, 3.8) is 0 Å². The predicted octanol–water partition coefficient (Wildman–Crippen LogP) is 5.22. The Morgan fingerprint density at radius 3 is 2.55 bits per heavy atom. The minimum absolute atomic E-state index is 0.301. The fourth-order valence-electron chi connectivity index (χ4n) is 2.57. The molecule has 0 radical (unpaired) electrons. The van der Waals surface area contributed by atoms with Crippen LogP contribution in [0.25, 0.3) is 9.40 Å². The third-order valence-electron chi connectivity index (χ3n) is 3.58. The molecule has 0 aliphatic carbocycles. The molecule has 0 saturated heterocycles. The predicted molar refractivity (Wildman–Crippen MR) is 91.0 cm³/mol. The second-order valence-corrected chi connectivity index (χ2v) is 7.07. The van der Waals surface area contributed by atoms with E-state index in [0.29, 0.717) is 6.04 Å². The lowest BCUT2D eigenvalue weighted by molar-refractivity contribution is 0.703. The van der Waals surface area contributed by atoms with E-state index in [-0.39, 0.29) is 0 Å². The van der Waals surface area contributed by atoms with Crippen LogP contribution in [0.15, 0.2) is 41.8 Å². The molecule has 0 bridgehead atoms. The van der Waals surface area contributed by atoms with Gasteiger partial charge in [-0.1, -0.05) is 37.6 Å². The van der Waals surface area contributed by atoms with Crippen molar-refractivity contribution in [3.8, 4) is 0 Å². The fraction of sp³-hybridized carbons (Fsp3) is 0.294. The molecule has 0 spiro atoms. The molecule has 104 valence electrons. The van der Waals surface area contributed by atoms with E-state index in [1.807, 2.05) is 29.7 Å². The molecule has 1 unspecified atom stereocenters. The van der Waals surface area contributed by atoms with Crippen molar-refractivity contribution in [2.45, 2.75) is 25.8 Å². The minimum Gasteiger partial charge on any atom is -0.309 e. The topological polar surface area (TPSA) is 12.0 Å². The first-order chi connectivity index (χ1) is 9.81. The molecule has 2 aromatic heterocycles. The Balaban J connectivity index is 1.90. The summed E-state index contributed by atoms with van der Waals surface area (Å²) in [5, 5.41) is 5.62. The first-order valence-electron chi connectivity index (χ1n) is 7.05. The number of aryl methyl sites for hydroxylation is 1. The molecule has 1 nitrogen and oxygen atoms in total. The van der Waals surface area contributed by atoms with Crippen molar-refractivity contribution >= 4 is 32.1 Å².